The van der Waals surface area contributed by atoms with Crippen molar-refractivity contribution in [3.8, 4) is 5.75 Å². The van der Waals surface area contributed by atoms with Crippen molar-refractivity contribution in [3.63, 3.8) is 0 Å². The van der Waals surface area contributed by atoms with E-state index >= 15 is 0 Å². The topological polar surface area (TPSA) is 47.6 Å². The Kier molecular flexibility index (Phi) is 5.07. The Morgan fingerprint density at radius 2 is 2.00 bits per heavy atom. The highest BCUT2D eigenvalue weighted by Crippen LogP contribution is 2.16. The fraction of sp³-hybridized carbons (Fsp3) is 0.308. The summed E-state index contributed by atoms with van der Waals surface area (Å²) < 4.78 is 9.90. The van der Waals surface area contributed by atoms with E-state index in [2.05, 4.69) is 5.32 Å². The van der Waals surface area contributed by atoms with Gasteiger partial charge in [0.1, 0.15) is 5.75 Å². The summed E-state index contributed by atoms with van der Waals surface area (Å²) in [6.07, 6.45) is 1.37. The summed E-state index contributed by atoms with van der Waals surface area (Å²) in [6, 6.07) is 7.43. The van der Waals surface area contributed by atoms with Crippen LogP contribution in [0.25, 0.3) is 5.70 Å². The predicted molar refractivity (Wildman–Crippen MR) is 66.8 cm³/mol. The van der Waals surface area contributed by atoms with Gasteiger partial charge in [0.15, 0.2) is 0 Å². The lowest BCUT2D eigenvalue weighted by Gasteiger charge is -2.10. The lowest BCUT2D eigenvalue weighted by atomic mass is 10.1. The molecule has 0 bridgehead atoms. The third-order valence-electron chi connectivity index (χ3n) is 2.20. The van der Waals surface area contributed by atoms with Gasteiger partial charge >= 0.3 is 6.09 Å². The normalized spacial score (nSPS) is 10.9. The summed E-state index contributed by atoms with van der Waals surface area (Å²) in [7, 11) is 1.61. The van der Waals surface area contributed by atoms with Gasteiger partial charge in [-0.1, -0.05) is 6.08 Å². The molecule has 0 fully saturated rings. The molecule has 0 aliphatic carbocycles. The van der Waals surface area contributed by atoms with Crippen molar-refractivity contribution in [1.82, 2.24) is 5.32 Å². The van der Waals surface area contributed by atoms with Crippen LogP contribution in [0.5, 0.6) is 5.75 Å². The van der Waals surface area contributed by atoms with Crippen LogP contribution in [-0.4, -0.2) is 19.8 Å². The van der Waals surface area contributed by atoms with Gasteiger partial charge in [-0.2, -0.15) is 0 Å². The number of hydrogen-bond acceptors (Lipinski definition) is 3. The maximum atomic E-state index is 11.3. The third kappa shape index (κ3) is 3.83. The van der Waals surface area contributed by atoms with E-state index in [1.807, 2.05) is 37.3 Å². The number of rotatable bonds is 4. The van der Waals surface area contributed by atoms with Crippen LogP contribution in [-0.2, 0) is 4.74 Å². The van der Waals surface area contributed by atoms with Crippen LogP contribution in [0.1, 0.15) is 19.4 Å². The highest BCUT2D eigenvalue weighted by Gasteiger charge is 2.06. The van der Waals surface area contributed by atoms with Crippen LogP contribution in [0.15, 0.2) is 30.3 Å². The van der Waals surface area contributed by atoms with E-state index < -0.39 is 6.09 Å². The fourth-order valence-corrected chi connectivity index (χ4v) is 1.36. The Morgan fingerprint density at radius 3 is 2.47 bits per heavy atom. The Morgan fingerprint density at radius 1 is 1.35 bits per heavy atom. The van der Waals surface area contributed by atoms with Gasteiger partial charge in [0, 0.05) is 5.70 Å². The van der Waals surface area contributed by atoms with Crippen molar-refractivity contribution in [2.24, 2.45) is 0 Å². The first-order chi connectivity index (χ1) is 8.21. The monoisotopic (exact) mass is 235 g/mol. The number of amides is 1. The molecule has 4 heteroatoms. The number of methoxy groups -OCH3 is 1. The summed E-state index contributed by atoms with van der Waals surface area (Å²) in [5.41, 5.74) is 1.62. The molecule has 1 N–H and O–H groups in total. The average Bonchev–Trinajstić information content (AvgIpc) is 2.36. The van der Waals surface area contributed by atoms with Crippen molar-refractivity contribution in [3.05, 3.63) is 35.9 Å². The second kappa shape index (κ2) is 6.58. The summed E-state index contributed by atoms with van der Waals surface area (Å²) in [4.78, 5) is 11.3. The smallest absolute Gasteiger partial charge is 0.411 e. The maximum absolute atomic E-state index is 11.3. The van der Waals surface area contributed by atoms with Gasteiger partial charge in [-0.3, -0.25) is 5.32 Å². The average molecular weight is 235 g/mol. The first-order valence-electron chi connectivity index (χ1n) is 5.45. The Bertz CT molecular complexity index is 396. The van der Waals surface area contributed by atoms with Gasteiger partial charge in [-0.05, 0) is 43.7 Å². The van der Waals surface area contributed by atoms with Crippen molar-refractivity contribution in [1.29, 1.82) is 0 Å². The summed E-state index contributed by atoms with van der Waals surface area (Å²) in [6.45, 7) is 3.97. The Labute approximate surface area is 101 Å². The number of ether oxygens (including phenoxy) is 2. The predicted octanol–water partition coefficient (Wildman–Crippen LogP) is 2.80. The third-order valence-corrected chi connectivity index (χ3v) is 2.20. The number of benzene rings is 1. The molecule has 1 aromatic carbocycles. The van der Waals surface area contributed by atoms with E-state index in [9.17, 15) is 4.79 Å². The van der Waals surface area contributed by atoms with Gasteiger partial charge in [0.05, 0.1) is 13.7 Å². The molecule has 0 unspecified atom stereocenters. The highest BCUT2D eigenvalue weighted by molar-refractivity contribution is 5.81. The van der Waals surface area contributed by atoms with Crippen LogP contribution in [0, 0.1) is 0 Å². The second-order valence-electron chi connectivity index (χ2n) is 3.28. The molecule has 1 amide bonds. The van der Waals surface area contributed by atoms with Crippen molar-refractivity contribution in [2.75, 3.05) is 13.7 Å². The van der Waals surface area contributed by atoms with Crippen LogP contribution in [0.4, 0.5) is 4.79 Å². The van der Waals surface area contributed by atoms with Crippen LogP contribution in [0.2, 0.25) is 0 Å². The van der Waals surface area contributed by atoms with E-state index in [-0.39, 0.29) is 0 Å². The van der Waals surface area contributed by atoms with Gasteiger partial charge in [0.25, 0.3) is 0 Å². The molecule has 0 aliphatic heterocycles. The minimum atomic E-state index is -0.448. The number of carbonyl (C=O) groups is 1. The van der Waals surface area contributed by atoms with Gasteiger partial charge in [-0.15, -0.1) is 0 Å². The van der Waals surface area contributed by atoms with E-state index in [0.717, 1.165) is 11.3 Å². The SMILES string of the molecule is C/C=C(/NC(=O)OCC)c1ccc(OC)cc1. The molecule has 1 aromatic rings. The van der Waals surface area contributed by atoms with Crippen molar-refractivity contribution < 1.29 is 14.3 Å². The zero-order valence-corrected chi connectivity index (χ0v) is 10.3. The molecule has 4 nitrogen and oxygen atoms in total. The summed E-state index contributed by atoms with van der Waals surface area (Å²) in [5.74, 6) is 0.778. The Hall–Kier alpha value is -1.97. The van der Waals surface area contributed by atoms with E-state index in [1.165, 1.54) is 0 Å². The molecule has 0 radical (unpaired) electrons. The van der Waals surface area contributed by atoms with Crippen LogP contribution < -0.4 is 10.1 Å². The number of carbonyl (C=O) groups excluding carboxylic acids is 1. The molecule has 0 spiro atoms. The minimum absolute atomic E-state index is 0.353. The molecular weight excluding hydrogens is 218 g/mol. The zero-order valence-electron chi connectivity index (χ0n) is 10.3. The van der Waals surface area contributed by atoms with Crippen molar-refractivity contribution >= 4 is 11.8 Å². The standard InChI is InChI=1S/C13H17NO3/c1-4-12(14-13(15)17-5-2)10-6-8-11(16-3)9-7-10/h4,6-9H,5H2,1-3H3,(H,14,15)/b12-4+. The van der Waals surface area contributed by atoms with E-state index in [4.69, 9.17) is 9.47 Å². The van der Waals surface area contributed by atoms with Crippen molar-refractivity contribution in [2.45, 2.75) is 13.8 Å². The molecule has 0 aromatic heterocycles. The van der Waals surface area contributed by atoms with Crippen LogP contribution in [0.3, 0.4) is 0 Å². The lowest BCUT2D eigenvalue weighted by molar-refractivity contribution is 0.157. The second-order valence-corrected chi connectivity index (χ2v) is 3.28. The lowest BCUT2D eigenvalue weighted by Crippen LogP contribution is -2.22. The Balaban J connectivity index is 2.76. The zero-order chi connectivity index (χ0) is 12.7. The van der Waals surface area contributed by atoms with Gasteiger partial charge < -0.3 is 9.47 Å². The quantitative estimate of drug-likeness (QED) is 0.873. The largest absolute Gasteiger partial charge is 0.497 e. The molecule has 0 aliphatic rings. The maximum Gasteiger partial charge on any atom is 0.411 e. The molecule has 92 valence electrons. The summed E-state index contributed by atoms with van der Waals surface area (Å²) in [5, 5.41) is 2.68. The molecule has 0 saturated heterocycles. The molecule has 1 rings (SSSR count). The highest BCUT2D eigenvalue weighted by atomic mass is 16.5. The van der Waals surface area contributed by atoms with E-state index in [0.29, 0.717) is 12.3 Å². The first kappa shape index (κ1) is 13.1. The minimum Gasteiger partial charge on any atom is -0.497 e. The fourth-order valence-electron chi connectivity index (χ4n) is 1.36. The molecule has 0 saturated carbocycles. The number of nitrogens with one attached hydrogen (secondary N) is 1. The molecule has 0 heterocycles. The number of allylic oxidation sites excluding steroid dienone is 1. The van der Waals surface area contributed by atoms with Crippen LogP contribution >= 0.6 is 0 Å². The molecule has 0 atom stereocenters. The number of hydrogen-bond donors (Lipinski definition) is 1. The number of alkyl carbamates (subject to hydrolysis) is 1. The van der Waals surface area contributed by atoms with Gasteiger partial charge in [-0.25, -0.2) is 4.79 Å². The molecular formula is C13H17NO3. The molecule has 17 heavy (non-hydrogen) atoms. The van der Waals surface area contributed by atoms with E-state index in [1.54, 1.807) is 14.0 Å². The first-order valence-corrected chi connectivity index (χ1v) is 5.45. The van der Waals surface area contributed by atoms with Gasteiger partial charge in [0.2, 0.25) is 0 Å². The summed E-state index contributed by atoms with van der Waals surface area (Å²) >= 11 is 0.